The number of benzene rings is 1. The Labute approximate surface area is 111 Å². The molecule has 0 bridgehead atoms. The fourth-order valence-electron chi connectivity index (χ4n) is 1.66. The van der Waals surface area contributed by atoms with Crippen LogP contribution in [0.15, 0.2) is 24.3 Å². The first-order valence-electron chi connectivity index (χ1n) is 5.90. The van der Waals surface area contributed by atoms with Gasteiger partial charge < -0.3 is 10.1 Å². The topological polar surface area (TPSA) is 47.0 Å². The molecule has 0 aliphatic heterocycles. The van der Waals surface area contributed by atoms with Gasteiger partial charge in [-0.2, -0.15) is 0 Å². The molecule has 0 aliphatic rings. The van der Waals surface area contributed by atoms with E-state index in [0.717, 1.165) is 35.2 Å². The van der Waals surface area contributed by atoms with Crippen LogP contribution in [0.4, 0.5) is 0 Å². The highest BCUT2D eigenvalue weighted by Gasteiger charge is 2.03. The van der Waals surface area contributed by atoms with Gasteiger partial charge in [0.15, 0.2) is 0 Å². The quantitative estimate of drug-likeness (QED) is 0.866. The van der Waals surface area contributed by atoms with E-state index in [4.69, 9.17) is 4.74 Å². The minimum Gasteiger partial charge on any atom is -0.497 e. The third-order valence-corrected chi connectivity index (χ3v) is 3.61. The monoisotopic (exact) mass is 263 g/mol. The summed E-state index contributed by atoms with van der Waals surface area (Å²) < 4.78 is 5.13. The molecule has 2 rings (SSSR count). The van der Waals surface area contributed by atoms with Crippen LogP contribution in [0.2, 0.25) is 0 Å². The highest BCUT2D eigenvalue weighted by atomic mass is 32.1. The molecule has 0 aliphatic carbocycles. The molecule has 1 heterocycles. The molecule has 0 unspecified atom stereocenters. The summed E-state index contributed by atoms with van der Waals surface area (Å²) in [6.45, 7) is 0.792. The first-order chi connectivity index (χ1) is 8.81. The van der Waals surface area contributed by atoms with Crippen LogP contribution in [0, 0.1) is 0 Å². The molecule has 1 N–H and O–H groups in total. The molecule has 0 atom stereocenters. The molecule has 1 aromatic carbocycles. The number of hydrogen-bond donors (Lipinski definition) is 1. The maximum atomic E-state index is 5.13. The Hall–Kier alpha value is -1.46. The van der Waals surface area contributed by atoms with Crippen LogP contribution in [-0.4, -0.2) is 24.4 Å². The van der Waals surface area contributed by atoms with E-state index in [1.807, 2.05) is 19.2 Å². The molecule has 0 saturated heterocycles. The molecule has 0 fully saturated rings. The Morgan fingerprint density at radius 2 is 1.83 bits per heavy atom. The Kier molecular flexibility index (Phi) is 4.66. The minimum atomic E-state index is 0.792. The van der Waals surface area contributed by atoms with E-state index in [9.17, 15) is 0 Å². The van der Waals surface area contributed by atoms with Gasteiger partial charge >= 0.3 is 0 Å². The van der Waals surface area contributed by atoms with Crippen LogP contribution in [-0.2, 0) is 19.4 Å². The van der Waals surface area contributed by atoms with Crippen molar-refractivity contribution < 1.29 is 4.74 Å². The van der Waals surface area contributed by atoms with Gasteiger partial charge in [0.25, 0.3) is 0 Å². The highest BCUT2D eigenvalue weighted by molar-refractivity contribution is 7.11. The smallest absolute Gasteiger partial charge is 0.131 e. The summed E-state index contributed by atoms with van der Waals surface area (Å²) in [5, 5.41) is 13.5. The second kappa shape index (κ2) is 6.47. The normalized spacial score (nSPS) is 10.6. The molecule has 0 amide bonds. The lowest BCUT2D eigenvalue weighted by atomic mass is 10.1. The lowest BCUT2D eigenvalue weighted by Gasteiger charge is -2.01. The summed E-state index contributed by atoms with van der Waals surface area (Å²) in [6.07, 6.45) is 1.92. The molecule has 96 valence electrons. The van der Waals surface area contributed by atoms with Crippen LogP contribution in [0.5, 0.6) is 5.75 Å². The molecule has 2 aromatic rings. The van der Waals surface area contributed by atoms with Gasteiger partial charge in [0.05, 0.1) is 7.11 Å². The van der Waals surface area contributed by atoms with Crippen LogP contribution >= 0.6 is 11.3 Å². The molecule has 1 aromatic heterocycles. The number of hydrogen-bond acceptors (Lipinski definition) is 5. The van der Waals surface area contributed by atoms with Gasteiger partial charge in [-0.3, -0.25) is 0 Å². The fourth-order valence-corrected chi connectivity index (χ4v) is 2.51. The van der Waals surface area contributed by atoms with E-state index in [0.29, 0.717) is 0 Å². The van der Waals surface area contributed by atoms with Gasteiger partial charge in [-0.15, -0.1) is 21.5 Å². The second-order valence-electron chi connectivity index (χ2n) is 3.97. The minimum absolute atomic E-state index is 0.792. The summed E-state index contributed by atoms with van der Waals surface area (Å²) in [5.74, 6) is 0.894. The lowest BCUT2D eigenvalue weighted by Crippen LogP contribution is -2.04. The molecular weight excluding hydrogens is 246 g/mol. The number of nitrogens with zero attached hydrogens (tertiary/aromatic N) is 2. The molecule has 0 saturated carbocycles. The zero-order valence-corrected chi connectivity index (χ0v) is 11.5. The number of nitrogens with one attached hydrogen (secondary N) is 1. The van der Waals surface area contributed by atoms with E-state index in [2.05, 4.69) is 27.6 Å². The average molecular weight is 263 g/mol. The van der Waals surface area contributed by atoms with Gasteiger partial charge in [-0.1, -0.05) is 12.1 Å². The van der Waals surface area contributed by atoms with Gasteiger partial charge in [-0.25, -0.2) is 0 Å². The fraction of sp³-hybridized carbons (Fsp3) is 0.385. The van der Waals surface area contributed by atoms with Gasteiger partial charge in [0.1, 0.15) is 15.8 Å². The van der Waals surface area contributed by atoms with Crippen molar-refractivity contribution in [2.45, 2.75) is 19.4 Å². The third kappa shape index (κ3) is 3.51. The zero-order chi connectivity index (χ0) is 12.8. The zero-order valence-electron chi connectivity index (χ0n) is 10.6. The third-order valence-electron chi connectivity index (χ3n) is 2.62. The Morgan fingerprint density at radius 3 is 2.50 bits per heavy atom. The first kappa shape index (κ1) is 13.0. The van der Waals surface area contributed by atoms with Gasteiger partial charge in [0.2, 0.25) is 0 Å². The average Bonchev–Trinajstić information content (AvgIpc) is 2.85. The summed E-state index contributed by atoms with van der Waals surface area (Å²) in [5.41, 5.74) is 1.29. The number of rotatable bonds is 6. The SMILES string of the molecule is CNCc1nnc(CCc2ccc(OC)cc2)s1. The molecule has 5 heteroatoms. The number of aryl methyl sites for hydroxylation is 2. The highest BCUT2D eigenvalue weighted by Crippen LogP contribution is 2.15. The lowest BCUT2D eigenvalue weighted by molar-refractivity contribution is 0.414. The number of methoxy groups -OCH3 is 1. The number of ether oxygens (including phenoxy) is 1. The van der Waals surface area contributed by atoms with Crippen LogP contribution in [0.25, 0.3) is 0 Å². The van der Waals surface area contributed by atoms with E-state index < -0.39 is 0 Å². The molecule has 4 nitrogen and oxygen atoms in total. The largest absolute Gasteiger partial charge is 0.497 e. The van der Waals surface area contributed by atoms with Crippen molar-refractivity contribution in [3.05, 3.63) is 39.8 Å². The molecule has 0 spiro atoms. The number of aromatic nitrogens is 2. The van der Waals surface area contributed by atoms with E-state index >= 15 is 0 Å². The van der Waals surface area contributed by atoms with Crippen molar-refractivity contribution in [3.63, 3.8) is 0 Å². The van der Waals surface area contributed by atoms with Gasteiger partial charge in [-0.05, 0) is 31.2 Å². The second-order valence-corrected chi connectivity index (χ2v) is 5.11. The van der Waals surface area contributed by atoms with Crippen molar-refractivity contribution in [1.29, 1.82) is 0 Å². The van der Waals surface area contributed by atoms with E-state index in [-0.39, 0.29) is 0 Å². The van der Waals surface area contributed by atoms with Crippen LogP contribution in [0.1, 0.15) is 15.6 Å². The molecular formula is C13H17N3OS. The predicted molar refractivity (Wildman–Crippen MR) is 73.1 cm³/mol. The standard InChI is InChI=1S/C13H17N3OS/c1-14-9-13-16-15-12(18-13)8-5-10-3-6-11(17-2)7-4-10/h3-4,6-7,14H,5,8-9H2,1-2H3. The van der Waals surface area contributed by atoms with Crippen molar-refractivity contribution >= 4 is 11.3 Å². The summed E-state index contributed by atoms with van der Waals surface area (Å²) in [6, 6.07) is 8.16. The van der Waals surface area contributed by atoms with Crippen molar-refractivity contribution in [2.24, 2.45) is 0 Å². The molecule has 18 heavy (non-hydrogen) atoms. The predicted octanol–water partition coefficient (Wildman–Crippen LogP) is 2.05. The maximum absolute atomic E-state index is 5.13. The maximum Gasteiger partial charge on any atom is 0.131 e. The van der Waals surface area contributed by atoms with Crippen molar-refractivity contribution in [2.75, 3.05) is 14.2 Å². The van der Waals surface area contributed by atoms with E-state index in [1.165, 1.54) is 5.56 Å². The Morgan fingerprint density at radius 1 is 1.11 bits per heavy atom. The Bertz CT molecular complexity index is 481. The van der Waals surface area contributed by atoms with Gasteiger partial charge in [0, 0.05) is 13.0 Å². The van der Waals surface area contributed by atoms with Crippen LogP contribution < -0.4 is 10.1 Å². The summed E-state index contributed by atoms with van der Waals surface area (Å²) in [7, 11) is 3.60. The van der Waals surface area contributed by atoms with E-state index in [1.54, 1.807) is 18.4 Å². The summed E-state index contributed by atoms with van der Waals surface area (Å²) in [4.78, 5) is 0. The molecule has 0 radical (unpaired) electrons. The Balaban J connectivity index is 1.89. The first-order valence-corrected chi connectivity index (χ1v) is 6.72. The summed E-state index contributed by atoms with van der Waals surface area (Å²) >= 11 is 1.67. The van der Waals surface area contributed by atoms with Crippen molar-refractivity contribution in [1.82, 2.24) is 15.5 Å². The van der Waals surface area contributed by atoms with Crippen LogP contribution in [0.3, 0.4) is 0 Å². The van der Waals surface area contributed by atoms with Crippen molar-refractivity contribution in [3.8, 4) is 5.75 Å².